The molecule has 0 aromatic rings. The topological polar surface area (TPSA) is 60.0 Å². The zero-order valence-electron chi connectivity index (χ0n) is 16.7. The quantitative estimate of drug-likeness (QED) is 0.545. The molecule has 0 spiro atoms. The molecule has 0 radical (unpaired) electrons. The van der Waals surface area contributed by atoms with E-state index in [1.54, 1.807) is 4.90 Å². The highest BCUT2D eigenvalue weighted by Crippen LogP contribution is 2.38. The van der Waals surface area contributed by atoms with Gasteiger partial charge in [-0.15, -0.1) is 0 Å². The third kappa shape index (κ3) is 5.36. The number of amides is 1. The number of aliphatic imine (C=N–C) groups is 1. The summed E-state index contributed by atoms with van der Waals surface area (Å²) in [6, 6.07) is 0. The summed E-state index contributed by atoms with van der Waals surface area (Å²) in [6.07, 6.45) is 4.17. The second kappa shape index (κ2) is 8.70. The minimum absolute atomic E-state index is 0.00709. The van der Waals surface area contributed by atoms with Crippen molar-refractivity contribution in [2.24, 2.45) is 10.4 Å². The summed E-state index contributed by atoms with van der Waals surface area (Å²) in [5.74, 6) is 1.03. The van der Waals surface area contributed by atoms with E-state index in [4.69, 9.17) is 4.99 Å². The maximum atomic E-state index is 12.7. The summed E-state index contributed by atoms with van der Waals surface area (Å²) in [4.78, 5) is 21.3. The molecule has 0 aromatic carbocycles. The first-order valence-corrected chi connectivity index (χ1v) is 9.06. The van der Waals surface area contributed by atoms with E-state index < -0.39 is 0 Å². The van der Waals surface area contributed by atoms with Gasteiger partial charge < -0.3 is 20.4 Å². The first-order chi connectivity index (χ1) is 11.1. The molecule has 0 bridgehead atoms. The lowest BCUT2D eigenvalue weighted by Gasteiger charge is -2.32. The Morgan fingerprint density at radius 3 is 2.17 bits per heavy atom. The van der Waals surface area contributed by atoms with Crippen LogP contribution in [0.4, 0.5) is 0 Å². The molecule has 1 aliphatic carbocycles. The molecule has 1 rings (SSSR count). The fourth-order valence-electron chi connectivity index (χ4n) is 3.00. The average molecular weight is 340 g/mol. The van der Waals surface area contributed by atoms with Crippen LogP contribution in [0.2, 0.25) is 0 Å². The van der Waals surface area contributed by atoms with Gasteiger partial charge in [0.2, 0.25) is 5.91 Å². The van der Waals surface area contributed by atoms with Crippen LogP contribution < -0.4 is 10.6 Å². The monoisotopic (exact) mass is 339 g/mol. The summed E-state index contributed by atoms with van der Waals surface area (Å²) >= 11 is 0. The molecule has 0 unspecified atom stereocenters. The zero-order valence-corrected chi connectivity index (χ0v) is 16.7. The number of nitrogens with zero attached hydrogens (tertiary/aromatic N) is 3. The van der Waals surface area contributed by atoms with Gasteiger partial charge >= 0.3 is 0 Å². The maximum Gasteiger partial charge on any atom is 0.230 e. The molecule has 0 aromatic heterocycles. The minimum Gasteiger partial charge on any atom is -0.357 e. The van der Waals surface area contributed by atoms with Crippen molar-refractivity contribution in [1.82, 2.24) is 20.4 Å². The molecule has 1 aliphatic rings. The fourth-order valence-corrected chi connectivity index (χ4v) is 3.00. The summed E-state index contributed by atoms with van der Waals surface area (Å²) < 4.78 is 0. The van der Waals surface area contributed by atoms with Crippen LogP contribution in [-0.4, -0.2) is 75.0 Å². The number of hydrogen-bond acceptors (Lipinski definition) is 3. The molecule has 2 N–H and O–H groups in total. The first kappa shape index (κ1) is 20.7. The molecule has 1 fully saturated rings. The van der Waals surface area contributed by atoms with Gasteiger partial charge in [0.15, 0.2) is 5.96 Å². The van der Waals surface area contributed by atoms with Crippen molar-refractivity contribution in [3.05, 3.63) is 0 Å². The summed E-state index contributed by atoms with van der Waals surface area (Å²) in [5, 5.41) is 6.72. The molecule has 6 heteroatoms. The number of carbonyl (C=O) groups is 1. The molecule has 0 aliphatic heterocycles. The van der Waals surface area contributed by atoms with Gasteiger partial charge in [0.25, 0.3) is 0 Å². The van der Waals surface area contributed by atoms with Crippen LogP contribution in [0.3, 0.4) is 0 Å². The summed E-state index contributed by atoms with van der Waals surface area (Å²) in [7, 11) is 7.83. The summed E-state index contributed by atoms with van der Waals surface area (Å²) in [6.45, 7) is 8.57. The molecule has 140 valence electrons. The third-order valence-electron chi connectivity index (χ3n) is 5.19. The van der Waals surface area contributed by atoms with E-state index in [1.807, 2.05) is 14.1 Å². The van der Waals surface area contributed by atoms with E-state index in [-0.39, 0.29) is 16.9 Å². The Morgan fingerprint density at radius 2 is 1.71 bits per heavy atom. The number of carbonyl (C=O) groups excluding carboxylic acids is 1. The Hall–Kier alpha value is -1.30. The second-order valence-corrected chi connectivity index (χ2v) is 7.94. The van der Waals surface area contributed by atoms with E-state index >= 15 is 0 Å². The Bertz CT molecular complexity index is 437. The molecular formula is C18H37N5O. The SMILES string of the molecule is CCNC(=NCC(C)(C)N(C)C)NCC1(C(=O)N(C)C)CCCC1. The van der Waals surface area contributed by atoms with Gasteiger partial charge in [0.05, 0.1) is 12.0 Å². The highest BCUT2D eigenvalue weighted by Gasteiger charge is 2.42. The maximum absolute atomic E-state index is 12.7. The van der Waals surface area contributed by atoms with Gasteiger partial charge in [-0.1, -0.05) is 12.8 Å². The Balaban J connectivity index is 2.79. The van der Waals surface area contributed by atoms with Crippen molar-refractivity contribution in [1.29, 1.82) is 0 Å². The van der Waals surface area contributed by atoms with Crippen molar-refractivity contribution in [2.45, 2.75) is 52.0 Å². The van der Waals surface area contributed by atoms with Crippen molar-refractivity contribution >= 4 is 11.9 Å². The van der Waals surface area contributed by atoms with Crippen molar-refractivity contribution in [3.8, 4) is 0 Å². The number of nitrogens with one attached hydrogen (secondary N) is 2. The molecule has 6 nitrogen and oxygen atoms in total. The van der Waals surface area contributed by atoms with Gasteiger partial charge in [-0.3, -0.25) is 9.79 Å². The zero-order chi connectivity index (χ0) is 18.4. The van der Waals surface area contributed by atoms with Crippen LogP contribution in [0.5, 0.6) is 0 Å². The van der Waals surface area contributed by atoms with Crippen LogP contribution in [0.15, 0.2) is 4.99 Å². The van der Waals surface area contributed by atoms with E-state index in [2.05, 4.69) is 50.4 Å². The normalized spacial score (nSPS) is 17.9. The highest BCUT2D eigenvalue weighted by atomic mass is 16.2. The number of rotatable bonds is 7. The van der Waals surface area contributed by atoms with Crippen LogP contribution in [0.25, 0.3) is 0 Å². The Morgan fingerprint density at radius 1 is 1.12 bits per heavy atom. The fraction of sp³-hybridized carbons (Fsp3) is 0.889. The van der Waals surface area contributed by atoms with Crippen LogP contribution in [-0.2, 0) is 4.79 Å². The third-order valence-corrected chi connectivity index (χ3v) is 5.19. The largest absolute Gasteiger partial charge is 0.357 e. The summed E-state index contributed by atoms with van der Waals surface area (Å²) in [5.41, 5.74) is -0.288. The Kier molecular flexibility index (Phi) is 7.52. The number of guanidine groups is 1. The number of hydrogen-bond donors (Lipinski definition) is 2. The predicted molar refractivity (Wildman–Crippen MR) is 101 cm³/mol. The van der Waals surface area contributed by atoms with E-state index in [0.29, 0.717) is 13.1 Å². The van der Waals surface area contributed by atoms with E-state index in [1.165, 1.54) is 0 Å². The van der Waals surface area contributed by atoms with Crippen molar-refractivity contribution in [3.63, 3.8) is 0 Å². The van der Waals surface area contributed by atoms with Gasteiger partial charge in [0.1, 0.15) is 0 Å². The van der Waals surface area contributed by atoms with Gasteiger partial charge in [-0.2, -0.15) is 0 Å². The number of likely N-dealkylation sites (N-methyl/N-ethyl adjacent to an activating group) is 1. The highest BCUT2D eigenvalue weighted by molar-refractivity contribution is 5.85. The van der Waals surface area contributed by atoms with Gasteiger partial charge in [0, 0.05) is 32.7 Å². The minimum atomic E-state index is -0.281. The van der Waals surface area contributed by atoms with Crippen molar-refractivity contribution in [2.75, 3.05) is 47.8 Å². The van der Waals surface area contributed by atoms with Crippen LogP contribution in [0, 0.1) is 5.41 Å². The lowest BCUT2D eigenvalue weighted by molar-refractivity contribution is -0.138. The lowest BCUT2D eigenvalue weighted by Crippen LogP contribution is -2.50. The van der Waals surface area contributed by atoms with Crippen LogP contribution in [0.1, 0.15) is 46.5 Å². The Labute approximate surface area is 148 Å². The van der Waals surface area contributed by atoms with Gasteiger partial charge in [-0.25, -0.2) is 0 Å². The molecule has 1 amide bonds. The van der Waals surface area contributed by atoms with Gasteiger partial charge in [-0.05, 0) is 47.7 Å². The molecule has 24 heavy (non-hydrogen) atoms. The lowest BCUT2D eigenvalue weighted by atomic mass is 9.84. The average Bonchev–Trinajstić information content (AvgIpc) is 2.99. The van der Waals surface area contributed by atoms with Crippen molar-refractivity contribution < 1.29 is 4.79 Å². The molecule has 0 atom stereocenters. The molecular weight excluding hydrogens is 302 g/mol. The second-order valence-electron chi connectivity index (χ2n) is 7.94. The standard InChI is InChI=1S/C18H37N5O/c1-8-19-16(20-13-17(2,3)23(6)7)21-14-18(11-9-10-12-18)15(24)22(4)5/h8-14H2,1-7H3,(H2,19,20,21). The molecule has 0 heterocycles. The molecule has 0 saturated heterocycles. The molecule has 1 saturated carbocycles. The van der Waals surface area contributed by atoms with Crippen LogP contribution >= 0.6 is 0 Å². The van der Waals surface area contributed by atoms with E-state index in [9.17, 15) is 4.79 Å². The first-order valence-electron chi connectivity index (χ1n) is 9.06. The van der Waals surface area contributed by atoms with E-state index in [0.717, 1.165) is 38.2 Å². The predicted octanol–water partition coefficient (Wildman–Crippen LogP) is 1.53. The smallest absolute Gasteiger partial charge is 0.230 e.